The number of para-hydroxylation sites is 1. The van der Waals surface area contributed by atoms with Crippen molar-refractivity contribution in [2.24, 2.45) is 10.9 Å². The molecule has 0 radical (unpaired) electrons. The second kappa shape index (κ2) is 11.9. The van der Waals surface area contributed by atoms with E-state index in [0.29, 0.717) is 18.9 Å². The molecule has 8 heteroatoms. The number of carbonyl (C=O) groups excluding carboxylic acids is 1. The number of ether oxygens (including phenoxy) is 3. The summed E-state index contributed by atoms with van der Waals surface area (Å²) in [6, 6.07) is 5.80. The van der Waals surface area contributed by atoms with Crippen LogP contribution >= 0.6 is 24.0 Å². The Labute approximate surface area is 178 Å². The van der Waals surface area contributed by atoms with Gasteiger partial charge in [-0.3, -0.25) is 9.79 Å². The number of hydrogen-bond acceptors (Lipinski definition) is 5. The molecule has 0 unspecified atom stereocenters. The van der Waals surface area contributed by atoms with Gasteiger partial charge in [0.25, 0.3) is 0 Å². The Morgan fingerprint density at radius 1 is 1.26 bits per heavy atom. The summed E-state index contributed by atoms with van der Waals surface area (Å²) in [7, 11) is 5.03. The van der Waals surface area contributed by atoms with Gasteiger partial charge < -0.3 is 24.4 Å². The van der Waals surface area contributed by atoms with E-state index >= 15 is 0 Å². The van der Waals surface area contributed by atoms with Crippen LogP contribution in [0, 0.1) is 5.92 Å². The Morgan fingerprint density at radius 2 is 1.96 bits per heavy atom. The van der Waals surface area contributed by atoms with Crippen LogP contribution in [0.15, 0.2) is 23.2 Å². The number of carbonyl (C=O) groups is 1. The molecule has 1 fully saturated rings. The van der Waals surface area contributed by atoms with Gasteiger partial charge in [-0.15, -0.1) is 24.0 Å². The third kappa shape index (κ3) is 6.15. The molecule has 1 N–H and O–H groups in total. The van der Waals surface area contributed by atoms with Crippen molar-refractivity contribution in [3.05, 3.63) is 23.8 Å². The molecule has 1 aliphatic rings. The van der Waals surface area contributed by atoms with Crippen molar-refractivity contribution in [3.8, 4) is 11.5 Å². The van der Waals surface area contributed by atoms with Gasteiger partial charge in [0.15, 0.2) is 17.5 Å². The van der Waals surface area contributed by atoms with Crippen molar-refractivity contribution >= 4 is 35.9 Å². The van der Waals surface area contributed by atoms with E-state index in [9.17, 15) is 4.79 Å². The molecule has 0 bridgehead atoms. The fourth-order valence-corrected chi connectivity index (χ4v) is 3.19. The smallest absolute Gasteiger partial charge is 0.309 e. The average Bonchev–Trinajstić information content (AvgIpc) is 2.68. The Bertz CT molecular complexity index is 631. The van der Waals surface area contributed by atoms with Crippen molar-refractivity contribution < 1.29 is 19.0 Å². The van der Waals surface area contributed by atoms with Gasteiger partial charge in [0, 0.05) is 32.2 Å². The lowest BCUT2D eigenvalue weighted by Gasteiger charge is -2.33. The van der Waals surface area contributed by atoms with E-state index in [1.54, 1.807) is 21.3 Å². The van der Waals surface area contributed by atoms with Crippen molar-refractivity contribution in [2.75, 3.05) is 41.0 Å². The lowest BCUT2D eigenvalue weighted by molar-refractivity contribution is -0.149. The summed E-state index contributed by atoms with van der Waals surface area (Å²) in [5.74, 6) is 2.15. The molecule has 1 aromatic rings. The topological polar surface area (TPSA) is 72.4 Å². The zero-order valence-corrected chi connectivity index (χ0v) is 18.8. The quantitative estimate of drug-likeness (QED) is 0.286. The van der Waals surface area contributed by atoms with Gasteiger partial charge >= 0.3 is 5.97 Å². The van der Waals surface area contributed by atoms with Gasteiger partial charge in [0.05, 0.1) is 26.7 Å². The van der Waals surface area contributed by atoms with Crippen molar-refractivity contribution in [1.29, 1.82) is 0 Å². The number of nitrogens with zero attached hydrogens (tertiary/aromatic N) is 2. The summed E-state index contributed by atoms with van der Waals surface area (Å²) in [5, 5.41) is 3.37. The monoisotopic (exact) mass is 491 g/mol. The SMILES string of the molecule is CCOC(=O)C1CCN(C(=NC)NCc2cccc(OC)c2OC)CC1.I. The van der Waals surface area contributed by atoms with Crippen LogP contribution in [0.4, 0.5) is 0 Å². The molecule has 1 aromatic carbocycles. The largest absolute Gasteiger partial charge is 0.493 e. The molecule has 0 saturated carbocycles. The minimum atomic E-state index is -0.0868. The minimum absolute atomic E-state index is 0. The van der Waals surface area contributed by atoms with Crippen molar-refractivity contribution in [3.63, 3.8) is 0 Å². The number of rotatable bonds is 6. The van der Waals surface area contributed by atoms with Crippen LogP contribution in [0.3, 0.4) is 0 Å². The maximum Gasteiger partial charge on any atom is 0.309 e. The maximum absolute atomic E-state index is 11.9. The Hall–Kier alpha value is -1.71. The zero-order chi connectivity index (χ0) is 18.9. The van der Waals surface area contributed by atoms with Crippen molar-refractivity contribution in [2.45, 2.75) is 26.3 Å². The molecule has 1 aliphatic heterocycles. The van der Waals surface area contributed by atoms with E-state index in [0.717, 1.165) is 43.2 Å². The third-order valence-corrected chi connectivity index (χ3v) is 4.55. The Balaban J connectivity index is 0.00000364. The molecule has 1 saturated heterocycles. The second-order valence-corrected chi connectivity index (χ2v) is 6.07. The van der Waals surface area contributed by atoms with Crippen LogP contribution in [0.5, 0.6) is 11.5 Å². The number of likely N-dealkylation sites (tertiary alicyclic amines) is 1. The first-order valence-electron chi connectivity index (χ1n) is 8.96. The number of hydrogen-bond donors (Lipinski definition) is 1. The summed E-state index contributed by atoms with van der Waals surface area (Å²) in [6.07, 6.45) is 1.56. The summed E-state index contributed by atoms with van der Waals surface area (Å²) in [5.41, 5.74) is 0.995. The molecule has 0 atom stereocenters. The number of methoxy groups -OCH3 is 2. The lowest BCUT2D eigenvalue weighted by Crippen LogP contribution is -2.46. The summed E-state index contributed by atoms with van der Waals surface area (Å²) in [4.78, 5) is 18.4. The van der Waals surface area contributed by atoms with E-state index in [4.69, 9.17) is 14.2 Å². The highest BCUT2D eigenvalue weighted by atomic mass is 127. The van der Waals surface area contributed by atoms with Gasteiger partial charge in [0.1, 0.15) is 0 Å². The van der Waals surface area contributed by atoms with Gasteiger partial charge in [-0.05, 0) is 25.8 Å². The first kappa shape index (κ1) is 23.3. The zero-order valence-electron chi connectivity index (χ0n) is 16.5. The fraction of sp³-hybridized carbons (Fsp3) is 0.579. The first-order valence-corrected chi connectivity index (χ1v) is 8.96. The molecule has 0 amide bonds. The van der Waals surface area contributed by atoms with Crippen LogP contribution < -0.4 is 14.8 Å². The van der Waals surface area contributed by atoms with E-state index in [2.05, 4.69) is 15.2 Å². The Morgan fingerprint density at radius 3 is 2.52 bits per heavy atom. The van der Waals surface area contributed by atoms with Crippen LogP contribution in [-0.2, 0) is 16.1 Å². The Kier molecular flexibility index (Phi) is 10.3. The first-order chi connectivity index (χ1) is 12.6. The van der Waals surface area contributed by atoms with E-state index in [1.807, 2.05) is 25.1 Å². The number of halogens is 1. The van der Waals surface area contributed by atoms with Gasteiger partial charge in [-0.25, -0.2) is 0 Å². The average molecular weight is 491 g/mol. The number of nitrogens with one attached hydrogen (secondary N) is 1. The fourth-order valence-electron chi connectivity index (χ4n) is 3.19. The highest BCUT2D eigenvalue weighted by Gasteiger charge is 2.27. The standard InChI is InChI=1S/C19H29N3O4.HI/c1-5-26-18(23)14-9-11-22(12-10-14)19(20-2)21-13-15-7-6-8-16(24-3)17(15)25-4;/h6-8,14H,5,9-13H2,1-4H3,(H,20,21);1H. The van der Waals surface area contributed by atoms with Gasteiger partial charge in [-0.2, -0.15) is 0 Å². The minimum Gasteiger partial charge on any atom is -0.493 e. The molecule has 1 heterocycles. The van der Waals surface area contributed by atoms with Crippen LogP contribution in [0.1, 0.15) is 25.3 Å². The second-order valence-electron chi connectivity index (χ2n) is 6.07. The van der Waals surface area contributed by atoms with E-state index in [-0.39, 0.29) is 35.9 Å². The number of aliphatic imine (C=N–C) groups is 1. The maximum atomic E-state index is 11.9. The lowest BCUT2D eigenvalue weighted by atomic mass is 9.97. The van der Waals surface area contributed by atoms with E-state index in [1.165, 1.54) is 0 Å². The number of esters is 1. The molecule has 7 nitrogen and oxygen atoms in total. The predicted octanol–water partition coefficient (Wildman–Crippen LogP) is 2.67. The molecule has 27 heavy (non-hydrogen) atoms. The molecule has 2 rings (SSSR count). The van der Waals surface area contributed by atoms with E-state index < -0.39 is 0 Å². The molecule has 0 aliphatic carbocycles. The summed E-state index contributed by atoms with van der Waals surface area (Å²) < 4.78 is 15.9. The summed E-state index contributed by atoms with van der Waals surface area (Å²) in [6.45, 7) is 4.40. The molecule has 0 aromatic heterocycles. The molecular weight excluding hydrogens is 461 g/mol. The van der Waals surface area contributed by atoms with Crippen LogP contribution in [0.2, 0.25) is 0 Å². The third-order valence-electron chi connectivity index (χ3n) is 4.55. The molecule has 152 valence electrons. The molecule has 0 spiro atoms. The number of guanidine groups is 1. The number of benzene rings is 1. The normalized spacial score (nSPS) is 15.0. The van der Waals surface area contributed by atoms with Gasteiger partial charge in [-0.1, -0.05) is 12.1 Å². The van der Waals surface area contributed by atoms with Crippen LogP contribution in [-0.4, -0.2) is 57.8 Å². The van der Waals surface area contributed by atoms with Gasteiger partial charge in [0.2, 0.25) is 0 Å². The predicted molar refractivity (Wildman–Crippen MR) is 116 cm³/mol. The van der Waals surface area contributed by atoms with Crippen LogP contribution in [0.25, 0.3) is 0 Å². The van der Waals surface area contributed by atoms with Crippen molar-refractivity contribution in [1.82, 2.24) is 10.2 Å². The number of piperidine rings is 1. The highest BCUT2D eigenvalue weighted by Crippen LogP contribution is 2.30. The summed E-state index contributed by atoms with van der Waals surface area (Å²) >= 11 is 0. The highest BCUT2D eigenvalue weighted by molar-refractivity contribution is 14.0. The molecular formula is C19H30IN3O4.